The minimum Gasteiger partial charge on any atom is -0.481 e. The van der Waals surface area contributed by atoms with Crippen molar-refractivity contribution in [2.24, 2.45) is 17.6 Å². The van der Waals surface area contributed by atoms with Crippen LogP contribution in [0.25, 0.3) is 0 Å². The lowest BCUT2D eigenvalue weighted by atomic mass is 10.0. The quantitative estimate of drug-likeness (QED) is 0.699. The molecule has 0 radical (unpaired) electrons. The van der Waals surface area contributed by atoms with E-state index in [4.69, 9.17) is 10.8 Å². The van der Waals surface area contributed by atoms with Gasteiger partial charge in [-0.25, -0.2) is 0 Å². The third-order valence-electron chi connectivity index (χ3n) is 3.92. The summed E-state index contributed by atoms with van der Waals surface area (Å²) in [4.78, 5) is 24.4. The minimum absolute atomic E-state index is 0.209. The van der Waals surface area contributed by atoms with E-state index in [0.29, 0.717) is 31.2 Å². The Morgan fingerprint density at radius 2 is 2.11 bits per heavy atom. The normalized spacial score (nSPS) is 20.5. The summed E-state index contributed by atoms with van der Waals surface area (Å²) in [7, 11) is 0. The van der Waals surface area contributed by atoms with Crippen molar-refractivity contribution in [3.63, 3.8) is 0 Å². The zero-order valence-electron chi connectivity index (χ0n) is 11.8. The molecule has 0 spiro atoms. The first-order chi connectivity index (χ1) is 9.02. The number of hydrogen-bond acceptors (Lipinski definition) is 3. The summed E-state index contributed by atoms with van der Waals surface area (Å²) in [6.45, 7) is 4.32. The molecule has 1 heterocycles. The van der Waals surface area contributed by atoms with E-state index in [1.54, 1.807) is 0 Å². The molecule has 5 heteroatoms. The molecule has 2 unspecified atom stereocenters. The maximum atomic E-state index is 12.0. The van der Waals surface area contributed by atoms with Crippen molar-refractivity contribution >= 4 is 11.9 Å². The minimum atomic E-state index is -0.750. The third-order valence-corrected chi connectivity index (χ3v) is 3.92. The molecule has 0 bridgehead atoms. The highest BCUT2D eigenvalue weighted by molar-refractivity contribution is 5.76. The van der Waals surface area contributed by atoms with E-state index in [1.165, 1.54) is 0 Å². The number of amides is 1. The molecule has 1 saturated heterocycles. The van der Waals surface area contributed by atoms with Crippen LogP contribution in [0.5, 0.6) is 0 Å². The lowest BCUT2D eigenvalue weighted by molar-refractivity contribution is -0.137. The number of carbonyl (C=O) groups excluding carboxylic acids is 1. The molecule has 1 fully saturated rings. The van der Waals surface area contributed by atoms with Gasteiger partial charge in [-0.1, -0.05) is 6.92 Å². The van der Waals surface area contributed by atoms with Crippen LogP contribution in [0, 0.1) is 11.8 Å². The first kappa shape index (κ1) is 16.0. The van der Waals surface area contributed by atoms with Gasteiger partial charge in [0.25, 0.3) is 0 Å². The molecule has 0 aromatic heterocycles. The monoisotopic (exact) mass is 270 g/mol. The Morgan fingerprint density at radius 3 is 2.74 bits per heavy atom. The summed E-state index contributed by atoms with van der Waals surface area (Å²) in [5.41, 5.74) is 5.49. The Balaban J connectivity index is 2.22. The molecule has 1 aliphatic rings. The molecule has 1 amide bonds. The maximum Gasteiger partial charge on any atom is 0.303 e. The predicted octanol–water partition coefficient (Wildman–Crippen LogP) is 1.46. The molecular weight excluding hydrogens is 244 g/mol. The van der Waals surface area contributed by atoms with Crippen LogP contribution < -0.4 is 5.73 Å². The van der Waals surface area contributed by atoms with Crippen molar-refractivity contribution < 1.29 is 14.7 Å². The van der Waals surface area contributed by atoms with Gasteiger partial charge in [0, 0.05) is 25.9 Å². The van der Waals surface area contributed by atoms with Gasteiger partial charge in [0.15, 0.2) is 0 Å². The first-order valence-corrected chi connectivity index (χ1v) is 7.22. The molecule has 19 heavy (non-hydrogen) atoms. The molecule has 0 aromatic rings. The molecule has 0 aliphatic carbocycles. The van der Waals surface area contributed by atoms with E-state index >= 15 is 0 Å². The third kappa shape index (κ3) is 6.05. The number of nitrogens with zero attached hydrogens (tertiary/aromatic N) is 1. The standard InChI is InChI=1S/C14H26N2O3/c1-11(6-8-15)2-4-13(17)16-9-7-12(10-16)3-5-14(18)19/h11-12H,2-10,15H2,1H3,(H,18,19). The van der Waals surface area contributed by atoms with Crippen molar-refractivity contribution in [3.05, 3.63) is 0 Å². The lowest BCUT2D eigenvalue weighted by Gasteiger charge is -2.17. The van der Waals surface area contributed by atoms with E-state index < -0.39 is 5.97 Å². The molecule has 0 aromatic carbocycles. The molecule has 2 atom stereocenters. The van der Waals surface area contributed by atoms with Crippen LogP contribution in [-0.2, 0) is 9.59 Å². The van der Waals surface area contributed by atoms with Gasteiger partial charge in [0.1, 0.15) is 0 Å². The second-order valence-electron chi connectivity index (χ2n) is 5.65. The smallest absolute Gasteiger partial charge is 0.303 e. The Bertz CT molecular complexity index is 307. The van der Waals surface area contributed by atoms with E-state index in [0.717, 1.165) is 32.4 Å². The van der Waals surface area contributed by atoms with E-state index in [1.807, 2.05) is 4.90 Å². The van der Waals surface area contributed by atoms with Gasteiger partial charge in [-0.3, -0.25) is 9.59 Å². The molecule has 1 rings (SSSR count). The average Bonchev–Trinajstić information content (AvgIpc) is 2.82. The van der Waals surface area contributed by atoms with Crippen LogP contribution in [0.1, 0.15) is 45.4 Å². The van der Waals surface area contributed by atoms with Gasteiger partial charge < -0.3 is 15.7 Å². The van der Waals surface area contributed by atoms with Crippen molar-refractivity contribution in [3.8, 4) is 0 Å². The van der Waals surface area contributed by atoms with Gasteiger partial charge in [0.2, 0.25) is 5.91 Å². The molecule has 5 nitrogen and oxygen atoms in total. The lowest BCUT2D eigenvalue weighted by Crippen LogP contribution is -2.29. The van der Waals surface area contributed by atoms with Crippen LogP contribution in [0.3, 0.4) is 0 Å². The van der Waals surface area contributed by atoms with E-state index in [9.17, 15) is 9.59 Å². The molecule has 3 N–H and O–H groups in total. The zero-order chi connectivity index (χ0) is 14.3. The van der Waals surface area contributed by atoms with Gasteiger partial charge in [0.05, 0.1) is 0 Å². The number of likely N-dealkylation sites (tertiary alicyclic amines) is 1. The molecule has 110 valence electrons. The van der Waals surface area contributed by atoms with Crippen molar-refractivity contribution in [2.75, 3.05) is 19.6 Å². The van der Waals surface area contributed by atoms with Crippen LogP contribution >= 0.6 is 0 Å². The highest BCUT2D eigenvalue weighted by Gasteiger charge is 2.26. The second-order valence-corrected chi connectivity index (χ2v) is 5.65. The van der Waals surface area contributed by atoms with E-state index in [-0.39, 0.29) is 12.3 Å². The number of rotatable bonds is 8. The Hall–Kier alpha value is -1.10. The zero-order valence-corrected chi connectivity index (χ0v) is 11.8. The fourth-order valence-corrected chi connectivity index (χ4v) is 2.58. The molecule has 0 saturated carbocycles. The Labute approximate surface area is 115 Å². The van der Waals surface area contributed by atoms with Crippen LogP contribution in [0.2, 0.25) is 0 Å². The number of hydrogen-bond donors (Lipinski definition) is 2. The SMILES string of the molecule is CC(CCN)CCC(=O)N1CCC(CCC(=O)O)C1. The Kier molecular flexibility index (Phi) is 6.84. The number of carboxylic acids is 1. The molecule has 1 aliphatic heterocycles. The highest BCUT2D eigenvalue weighted by Crippen LogP contribution is 2.22. The van der Waals surface area contributed by atoms with Crippen molar-refractivity contribution in [1.82, 2.24) is 4.90 Å². The largest absolute Gasteiger partial charge is 0.481 e. The molecular formula is C14H26N2O3. The highest BCUT2D eigenvalue weighted by atomic mass is 16.4. The van der Waals surface area contributed by atoms with Crippen LogP contribution in [-0.4, -0.2) is 41.5 Å². The second kappa shape index (κ2) is 8.15. The van der Waals surface area contributed by atoms with Crippen LogP contribution in [0.4, 0.5) is 0 Å². The maximum absolute atomic E-state index is 12.0. The topological polar surface area (TPSA) is 83.6 Å². The average molecular weight is 270 g/mol. The summed E-state index contributed by atoms with van der Waals surface area (Å²) in [6.07, 6.45) is 4.29. The van der Waals surface area contributed by atoms with Crippen molar-refractivity contribution in [2.45, 2.75) is 45.4 Å². The summed E-state index contributed by atoms with van der Waals surface area (Å²) in [5.74, 6) is 0.322. The van der Waals surface area contributed by atoms with Crippen LogP contribution in [0.15, 0.2) is 0 Å². The fraction of sp³-hybridized carbons (Fsp3) is 0.857. The van der Waals surface area contributed by atoms with Gasteiger partial charge in [-0.2, -0.15) is 0 Å². The van der Waals surface area contributed by atoms with Gasteiger partial charge >= 0.3 is 5.97 Å². The summed E-state index contributed by atoms with van der Waals surface area (Å²) in [6, 6.07) is 0. The van der Waals surface area contributed by atoms with Gasteiger partial charge in [-0.15, -0.1) is 0 Å². The Morgan fingerprint density at radius 1 is 1.37 bits per heavy atom. The summed E-state index contributed by atoms with van der Waals surface area (Å²) < 4.78 is 0. The predicted molar refractivity (Wildman–Crippen MR) is 73.6 cm³/mol. The summed E-state index contributed by atoms with van der Waals surface area (Å²) >= 11 is 0. The number of carbonyl (C=O) groups is 2. The van der Waals surface area contributed by atoms with Crippen molar-refractivity contribution in [1.29, 1.82) is 0 Å². The first-order valence-electron chi connectivity index (χ1n) is 7.22. The summed E-state index contributed by atoms with van der Waals surface area (Å²) in [5, 5.41) is 8.65. The number of nitrogens with two attached hydrogens (primary N) is 1. The number of aliphatic carboxylic acids is 1. The number of carboxylic acid groups (broad SMARTS) is 1. The fourth-order valence-electron chi connectivity index (χ4n) is 2.58. The van der Waals surface area contributed by atoms with Gasteiger partial charge in [-0.05, 0) is 44.1 Å². The van der Waals surface area contributed by atoms with E-state index in [2.05, 4.69) is 6.92 Å².